The maximum Gasteiger partial charge on any atom is 0.172 e. The van der Waals surface area contributed by atoms with Gasteiger partial charge in [0, 0.05) is 34.5 Å². The molecule has 35 heavy (non-hydrogen) atoms. The Balaban J connectivity index is 1.21. The number of aliphatic imine (C=N–C) groups is 1. The number of fused-ring (bicyclic) bond motifs is 5. The van der Waals surface area contributed by atoms with Gasteiger partial charge in [0.1, 0.15) is 5.75 Å². The standard InChI is InChI=1S/C29H38BrNO4/c1-26-11-12-29(34-13-14-35-29)16-20(26)3-5-22-23(26)7-9-27(2)24(22)8-10-28(27,33)18-31-17-19-15-21(30)4-6-25(19)32/h3-4,6,15,17,22-24,32-33H,5,7-14,16,18H2,1-2H3/t22?,23?,24?,26-,27-,28+/m0/s1. The van der Waals surface area contributed by atoms with Crippen LogP contribution in [-0.2, 0) is 9.47 Å². The van der Waals surface area contributed by atoms with E-state index in [1.165, 1.54) is 6.42 Å². The summed E-state index contributed by atoms with van der Waals surface area (Å²) in [7, 11) is 0. The minimum absolute atomic E-state index is 0.125. The normalized spacial score (nSPS) is 42.1. The van der Waals surface area contributed by atoms with Gasteiger partial charge in [-0.1, -0.05) is 41.4 Å². The number of halogens is 1. The number of rotatable bonds is 3. The van der Waals surface area contributed by atoms with E-state index in [1.807, 2.05) is 12.1 Å². The molecule has 0 amide bonds. The lowest BCUT2D eigenvalue weighted by Gasteiger charge is -2.59. The summed E-state index contributed by atoms with van der Waals surface area (Å²) in [4.78, 5) is 4.66. The molecule has 1 aliphatic heterocycles. The van der Waals surface area contributed by atoms with Crippen molar-refractivity contribution in [3.8, 4) is 5.75 Å². The van der Waals surface area contributed by atoms with E-state index < -0.39 is 5.60 Å². The highest BCUT2D eigenvalue weighted by molar-refractivity contribution is 9.10. The van der Waals surface area contributed by atoms with Gasteiger partial charge in [-0.2, -0.15) is 0 Å². The van der Waals surface area contributed by atoms with Gasteiger partial charge in [-0.05, 0) is 79.9 Å². The lowest BCUT2D eigenvalue weighted by Crippen LogP contribution is -2.56. The van der Waals surface area contributed by atoms with E-state index in [2.05, 4.69) is 40.8 Å². The highest BCUT2D eigenvalue weighted by Gasteiger charge is 2.64. The van der Waals surface area contributed by atoms with Crippen molar-refractivity contribution in [2.75, 3.05) is 19.8 Å². The van der Waals surface area contributed by atoms with Crippen LogP contribution in [0.1, 0.15) is 70.8 Å². The summed E-state index contributed by atoms with van der Waals surface area (Å²) in [6, 6.07) is 5.33. The van der Waals surface area contributed by atoms with E-state index in [1.54, 1.807) is 17.9 Å². The van der Waals surface area contributed by atoms with E-state index in [9.17, 15) is 10.2 Å². The molecule has 4 fully saturated rings. The monoisotopic (exact) mass is 543 g/mol. The number of ether oxygens (including phenoxy) is 2. The zero-order valence-corrected chi connectivity index (χ0v) is 22.5. The summed E-state index contributed by atoms with van der Waals surface area (Å²) >= 11 is 3.46. The van der Waals surface area contributed by atoms with Gasteiger partial charge in [-0.15, -0.1) is 0 Å². The molecule has 5 nitrogen and oxygen atoms in total. The van der Waals surface area contributed by atoms with Gasteiger partial charge in [0.15, 0.2) is 5.79 Å². The van der Waals surface area contributed by atoms with Gasteiger partial charge >= 0.3 is 0 Å². The van der Waals surface area contributed by atoms with Crippen molar-refractivity contribution in [3.63, 3.8) is 0 Å². The molecule has 3 unspecified atom stereocenters. The second-order valence-electron chi connectivity index (χ2n) is 12.2. The largest absolute Gasteiger partial charge is 0.507 e. The van der Waals surface area contributed by atoms with Crippen LogP contribution in [-0.4, -0.2) is 47.6 Å². The Labute approximate surface area is 217 Å². The van der Waals surface area contributed by atoms with E-state index in [0.717, 1.165) is 62.6 Å². The molecule has 6 rings (SSSR count). The Morgan fingerprint density at radius 2 is 1.86 bits per heavy atom. The number of hydrogen-bond acceptors (Lipinski definition) is 5. The maximum absolute atomic E-state index is 11.9. The quantitative estimate of drug-likeness (QED) is 0.361. The number of nitrogens with zero attached hydrogens (tertiary/aromatic N) is 1. The molecule has 4 aliphatic carbocycles. The predicted molar refractivity (Wildman–Crippen MR) is 140 cm³/mol. The number of phenolic OH excluding ortho intramolecular Hbond substituents is 1. The van der Waals surface area contributed by atoms with Gasteiger partial charge in [0.05, 0.1) is 25.4 Å². The Hall–Kier alpha value is -1.21. The van der Waals surface area contributed by atoms with Crippen molar-refractivity contribution in [2.45, 2.75) is 76.6 Å². The van der Waals surface area contributed by atoms with Crippen molar-refractivity contribution in [2.24, 2.45) is 33.6 Å². The molecular formula is C29H38BrNO4. The maximum atomic E-state index is 11.9. The predicted octanol–water partition coefficient (Wildman–Crippen LogP) is 6.01. The molecule has 1 aromatic carbocycles. The first kappa shape index (κ1) is 24.1. The number of allylic oxidation sites excluding steroid dienone is 1. The third kappa shape index (κ3) is 3.69. The zero-order chi connectivity index (χ0) is 24.5. The molecule has 0 aromatic heterocycles. The average Bonchev–Trinajstić information content (AvgIpc) is 3.39. The molecule has 190 valence electrons. The van der Waals surface area contributed by atoms with Crippen molar-refractivity contribution in [1.82, 2.24) is 0 Å². The number of aromatic hydroxyl groups is 1. The third-order valence-electron chi connectivity index (χ3n) is 10.8. The fourth-order valence-corrected chi connectivity index (χ4v) is 9.02. The first-order valence-corrected chi connectivity index (χ1v) is 14.2. The van der Waals surface area contributed by atoms with Crippen LogP contribution in [0.4, 0.5) is 0 Å². The molecule has 1 heterocycles. The SMILES string of the molecule is C[C@]12CCC3(CC1=CCC1C2CC[C@@]2(C)C1CC[C@@]2(O)CN=Cc1cc(Br)ccc1O)OCCO3. The second-order valence-corrected chi connectivity index (χ2v) is 13.2. The Morgan fingerprint density at radius 3 is 2.66 bits per heavy atom. The van der Waals surface area contributed by atoms with E-state index in [4.69, 9.17) is 9.47 Å². The fraction of sp³-hybridized carbons (Fsp3) is 0.690. The molecule has 1 saturated heterocycles. The van der Waals surface area contributed by atoms with Crippen LogP contribution in [0.3, 0.4) is 0 Å². The topological polar surface area (TPSA) is 71.3 Å². The summed E-state index contributed by atoms with van der Waals surface area (Å²) in [5.74, 6) is 1.65. The lowest BCUT2D eigenvalue weighted by atomic mass is 9.46. The molecule has 3 saturated carbocycles. The van der Waals surface area contributed by atoms with Crippen molar-refractivity contribution < 1.29 is 19.7 Å². The molecule has 5 aliphatic rings. The summed E-state index contributed by atoms with van der Waals surface area (Å²) in [5.41, 5.74) is 1.53. The lowest BCUT2D eigenvalue weighted by molar-refractivity contribution is -0.187. The smallest absolute Gasteiger partial charge is 0.172 e. The molecule has 2 N–H and O–H groups in total. The minimum atomic E-state index is -0.798. The molecule has 1 aromatic rings. The van der Waals surface area contributed by atoms with Crippen LogP contribution in [0.5, 0.6) is 5.75 Å². The molecule has 6 heteroatoms. The van der Waals surface area contributed by atoms with Gasteiger partial charge in [0.25, 0.3) is 0 Å². The van der Waals surface area contributed by atoms with Gasteiger partial charge in [-0.3, -0.25) is 4.99 Å². The van der Waals surface area contributed by atoms with Crippen molar-refractivity contribution in [3.05, 3.63) is 39.9 Å². The van der Waals surface area contributed by atoms with Gasteiger partial charge in [-0.25, -0.2) is 0 Å². The summed E-state index contributed by atoms with van der Waals surface area (Å²) in [6.45, 7) is 6.65. The fourth-order valence-electron chi connectivity index (χ4n) is 8.64. The molecular weight excluding hydrogens is 506 g/mol. The highest BCUT2D eigenvalue weighted by Crippen LogP contribution is 2.68. The Kier molecular flexibility index (Phi) is 5.80. The first-order valence-electron chi connectivity index (χ1n) is 13.4. The van der Waals surface area contributed by atoms with Crippen LogP contribution < -0.4 is 0 Å². The summed E-state index contributed by atoms with van der Waals surface area (Å²) < 4.78 is 13.1. The number of benzene rings is 1. The highest BCUT2D eigenvalue weighted by atomic mass is 79.9. The van der Waals surface area contributed by atoms with Gasteiger partial charge in [0.2, 0.25) is 0 Å². The average molecular weight is 545 g/mol. The zero-order valence-electron chi connectivity index (χ0n) is 20.9. The van der Waals surface area contributed by atoms with E-state index in [0.29, 0.717) is 29.9 Å². The van der Waals surface area contributed by atoms with Crippen LogP contribution in [0.2, 0.25) is 0 Å². The van der Waals surface area contributed by atoms with Crippen molar-refractivity contribution in [1.29, 1.82) is 0 Å². The summed E-state index contributed by atoms with van der Waals surface area (Å²) in [5, 5.41) is 22.1. The summed E-state index contributed by atoms with van der Waals surface area (Å²) in [6.07, 6.45) is 12.5. The Bertz CT molecular complexity index is 1060. The minimum Gasteiger partial charge on any atom is -0.507 e. The van der Waals surface area contributed by atoms with Gasteiger partial charge < -0.3 is 19.7 Å². The van der Waals surface area contributed by atoms with Crippen LogP contribution in [0.15, 0.2) is 39.3 Å². The molecule has 6 atom stereocenters. The van der Waals surface area contributed by atoms with E-state index >= 15 is 0 Å². The van der Waals surface area contributed by atoms with Crippen LogP contribution in [0.25, 0.3) is 0 Å². The Morgan fingerprint density at radius 1 is 1.09 bits per heavy atom. The molecule has 1 spiro atoms. The molecule has 0 radical (unpaired) electrons. The van der Waals surface area contributed by atoms with Crippen LogP contribution in [0, 0.1) is 28.6 Å². The van der Waals surface area contributed by atoms with Crippen molar-refractivity contribution >= 4 is 22.1 Å². The number of phenols is 1. The third-order valence-corrected chi connectivity index (χ3v) is 11.3. The first-order chi connectivity index (χ1) is 16.7. The van der Waals surface area contributed by atoms with E-state index in [-0.39, 0.29) is 22.4 Å². The number of hydrogen-bond donors (Lipinski definition) is 2. The van der Waals surface area contributed by atoms with Crippen LogP contribution >= 0.6 is 15.9 Å². The molecule has 0 bridgehead atoms. The number of aliphatic hydroxyl groups is 1. The second kappa shape index (κ2) is 8.41.